The molecule has 1 aliphatic rings. The van der Waals surface area contributed by atoms with E-state index in [0.29, 0.717) is 11.6 Å². The van der Waals surface area contributed by atoms with Gasteiger partial charge >= 0.3 is 0 Å². The minimum Gasteiger partial charge on any atom is -0.291 e. The number of hydrogen-bond acceptors (Lipinski definition) is 4. The number of hydrogen-bond donors (Lipinski definition) is 0. The third-order valence-electron chi connectivity index (χ3n) is 11.1. The Morgan fingerprint density at radius 2 is 0.943 bits per heavy atom. The van der Waals surface area contributed by atoms with E-state index in [1.54, 1.807) is 12.4 Å². The standard InChI is InChI=1S/C47H32N6/c1-47(2)39-12-6-5-9-33(39)36-25-37-38(26-40(36)47)44(32-19-15-30(16-20-32)42-28-53-24-8-22-49-46(53)51-42)35-11-4-3-10-34(35)43(37)31-17-13-29(14-18-31)41-27-52-23-7-21-48-45(52)50-41/h3-28H,1-2H3. The van der Waals surface area contributed by atoms with Gasteiger partial charge in [0, 0.05) is 53.7 Å². The molecule has 6 heteroatoms. The summed E-state index contributed by atoms with van der Waals surface area (Å²) in [7, 11) is 0. The van der Waals surface area contributed by atoms with Gasteiger partial charge in [-0.15, -0.1) is 0 Å². The molecule has 0 fully saturated rings. The SMILES string of the molecule is CC1(C)c2ccccc2-c2cc3c(-c4ccc(-c5cn6cccnc6n5)cc4)c4ccccc4c(-c4ccc(-c5cn6cccnc6n5)cc4)c3cc21. The van der Waals surface area contributed by atoms with Crippen LogP contribution < -0.4 is 0 Å². The summed E-state index contributed by atoms with van der Waals surface area (Å²) in [6, 6.07) is 44.3. The molecule has 10 aromatic rings. The Balaban J connectivity index is 1.15. The molecular weight excluding hydrogens is 649 g/mol. The van der Waals surface area contributed by atoms with Gasteiger partial charge in [-0.1, -0.05) is 111 Å². The molecule has 53 heavy (non-hydrogen) atoms. The highest BCUT2D eigenvalue weighted by Crippen LogP contribution is 2.53. The first-order valence-corrected chi connectivity index (χ1v) is 18.0. The van der Waals surface area contributed by atoms with Gasteiger partial charge in [-0.05, 0) is 90.3 Å². The highest BCUT2D eigenvalue weighted by Gasteiger charge is 2.36. The molecule has 0 radical (unpaired) electrons. The van der Waals surface area contributed by atoms with E-state index in [2.05, 4.69) is 133 Å². The average Bonchev–Trinajstić information content (AvgIpc) is 3.90. The molecule has 11 rings (SSSR count). The Labute approximate surface area is 305 Å². The van der Waals surface area contributed by atoms with Crippen LogP contribution in [0.3, 0.4) is 0 Å². The van der Waals surface area contributed by atoms with Crippen LogP contribution in [0.25, 0.3) is 89.0 Å². The molecule has 4 heterocycles. The summed E-state index contributed by atoms with van der Waals surface area (Å²) in [5.74, 6) is 1.39. The summed E-state index contributed by atoms with van der Waals surface area (Å²) in [6.45, 7) is 4.72. The minimum absolute atomic E-state index is 0.130. The van der Waals surface area contributed by atoms with Crippen molar-refractivity contribution < 1.29 is 0 Å². The zero-order chi connectivity index (χ0) is 35.3. The van der Waals surface area contributed by atoms with Crippen molar-refractivity contribution in [2.45, 2.75) is 19.3 Å². The van der Waals surface area contributed by atoms with E-state index < -0.39 is 0 Å². The molecule has 250 valence electrons. The first-order valence-electron chi connectivity index (χ1n) is 18.0. The first kappa shape index (κ1) is 29.8. The normalized spacial score (nSPS) is 13.2. The van der Waals surface area contributed by atoms with Crippen LogP contribution in [0.5, 0.6) is 0 Å². The molecule has 0 aliphatic heterocycles. The number of imidazole rings is 2. The Morgan fingerprint density at radius 3 is 1.49 bits per heavy atom. The maximum absolute atomic E-state index is 4.79. The number of fused-ring (bicyclic) bond motifs is 7. The molecule has 0 N–H and O–H groups in total. The van der Waals surface area contributed by atoms with Crippen molar-refractivity contribution in [2.24, 2.45) is 0 Å². The van der Waals surface area contributed by atoms with Crippen molar-refractivity contribution in [2.75, 3.05) is 0 Å². The molecule has 1 aliphatic carbocycles. The molecular formula is C47H32N6. The van der Waals surface area contributed by atoms with Crippen molar-refractivity contribution in [3.8, 4) is 55.9 Å². The fraction of sp³-hybridized carbons (Fsp3) is 0.0638. The number of nitrogens with zero attached hydrogens (tertiary/aromatic N) is 6. The molecule has 6 aromatic carbocycles. The lowest BCUT2D eigenvalue weighted by molar-refractivity contribution is 0.661. The zero-order valence-corrected chi connectivity index (χ0v) is 29.2. The molecule has 0 atom stereocenters. The predicted molar refractivity (Wildman–Crippen MR) is 214 cm³/mol. The van der Waals surface area contributed by atoms with Gasteiger partial charge in [0.2, 0.25) is 11.6 Å². The van der Waals surface area contributed by atoms with E-state index >= 15 is 0 Å². The lowest BCUT2D eigenvalue weighted by atomic mass is 9.79. The Hall–Kier alpha value is -6.92. The van der Waals surface area contributed by atoms with Gasteiger partial charge in [-0.3, -0.25) is 8.80 Å². The van der Waals surface area contributed by atoms with E-state index in [-0.39, 0.29) is 5.41 Å². The van der Waals surface area contributed by atoms with Crippen LogP contribution in [0.1, 0.15) is 25.0 Å². The molecule has 0 saturated carbocycles. The summed E-state index contributed by atoms with van der Waals surface area (Å²) in [6.07, 6.45) is 11.6. The molecule has 0 spiro atoms. The van der Waals surface area contributed by atoms with Gasteiger partial charge in [0.25, 0.3) is 0 Å². The topological polar surface area (TPSA) is 60.4 Å². The fourth-order valence-electron chi connectivity index (χ4n) is 8.55. The number of benzene rings is 6. The third kappa shape index (κ3) is 4.45. The van der Waals surface area contributed by atoms with Crippen molar-refractivity contribution >= 4 is 33.1 Å². The van der Waals surface area contributed by atoms with Crippen LogP contribution in [0.4, 0.5) is 0 Å². The molecule has 4 aromatic heterocycles. The van der Waals surface area contributed by atoms with Crippen LogP contribution in [-0.2, 0) is 5.41 Å². The Bertz CT molecular complexity index is 3010. The predicted octanol–water partition coefficient (Wildman–Crippen LogP) is 11.1. The second kappa shape index (κ2) is 11.0. The summed E-state index contributed by atoms with van der Waals surface area (Å²) < 4.78 is 3.93. The second-order valence-electron chi connectivity index (χ2n) is 14.5. The smallest absolute Gasteiger partial charge is 0.234 e. The molecule has 0 amide bonds. The summed E-state index contributed by atoms with van der Waals surface area (Å²) in [5.41, 5.74) is 14.0. The van der Waals surface area contributed by atoms with Crippen LogP contribution in [-0.4, -0.2) is 28.7 Å². The molecule has 0 bridgehead atoms. The monoisotopic (exact) mass is 680 g/mol. The van der Waals surface area contributed by atoms with Gasteiger partial charge in [0.05, 0.1) is 11.4 Å². The fourth-order valence-corrected chi connectivity index (χ4v) is 8.55. The lowest BCUT2D eigenvalue weighted by Gasteiger charge is -2.24. The van der Waals surface area contributed by atoms with Gasteiger partial charge < -0.3 is 0 Å². The van der Waals surface area contributed by atoms with E-state index in [1.165, 1.54) is 66.1 Å². The van der Waals surface area contributed by atoms with Crippen LogP contribution >= 0.6 is 0 Å². The Morgan fingerprint density at radius 1 is 0.453 bits per heavy atom. The van der Waals surface area contributed by atoms with Crippen molar-refractivity contribution in [1.82, 2.24) is 28.7 Å². The van der Waals surface area contributed by atoms with E-state index in [4.69, 9.17) is 9.97 Å². The number of aromatic nitrogens is 6. The molecule has 6 nitrogen and oxygen atoms in total. The number of rotatable bonds is 4. The van der Waals surface area contributed by atoms with Crippen LogP contribution in [0, 0.1) is 0 Å². The summed E-state index contributed by atoms with van der Waals surface area (Å²) >= 11 is 0. The van der Waals surface area contributed by atoms with E-state index in [0.717, 1.165) is 22.5 Å². The molecule has 0 unspecified atom stereocenters. The van der Waals surface area contributed by atoms with Crippen molar-refractivity contribution in [3.63, 3.8) is 0 Å². The van der Waals surface area contributed by atoms with Crippen molar-refractivity contribution in [1.29, 1.82) is 0 Å². The lowest BCUT2D eigenvalue weighted by Crippen LogP contribution is -2.14. The van der Waals surface area contributed by atoms with Crippen LogP contribution in [0.15, 0.2) is 159 Å². The molecule has 0 saturated heterocycles. The van der Waals surface area contributed by atoms with E-state index in [1.807, 2.05) is 45.7 Å². The second-order valence-corrected chi connectivity index (χ2v) is 14.5. The summed E-state index contributed by atoms with van der Waals surface area (Å²) in [5, 5.41) is 4.94. The Kier molecular flexibility index (Phi) is 6.20. The van der Waals surface area contributed by atoms with E-state index in [9.17, 15) is 0 Å². The highest BCUT2D eigenvalue weighted by molar-refractivity contribution is 6.22. The average molecular weight is 681 g/mol. The van der Waals surface area contributed by atoms with Gasteiger partial charge in [0.1, 0.15) is 0 Å². The summed E-state index contributed by atoms with van der Waals surface area (Å²) in [4.78, 5) is 18.4. The van der Waals surface area contributed by atoms with Crippen molar-refractivity contribution in [3.05, 3.63) is 170 Å². The van der Waals surface area contributed by atoms with Gasteiger partial charge in [0.15, 0.2) is 0 Å². The largest absolute Gasteiger partial charge is 0.291 e. The minimum atomic E-state index is -0.130. The first-order chi connectivity index (χ1) is 26.0. The zero-order valence-electron chi connectivity index (χ0n) is 29.2. The maximum atomic E-state index is 4.79. The van der Waals surface area contributed by atoms with Gasteiger partial charge in [-0.2, -0.15) is 0 Å². The van der Waals surface area contributed by atoms with Crippen LogP contribution in [0.2, 0.25) is 0 Å². The quantitative estimate of drug-likeness (QED) is 0.174. The highest BCUT2D eigenvalue weighted by atomic mass is 15.1. The maximum Gasteiger partial charge on any atom is 0.234 e. The third-order valence-corrected chi connectivity index (χ3v) is 11.1. The van der Waals surface area contributed by atoms with Gasteiger partial charge in [-0.25, -0.2) is 19.9 Å².